The number of hydrogen-bond donors (Lipinski definition) is 1. The molecule has 0 unspecified atom stereocenters. The number of aryl methyl sites for hydroxylation is 1. The van der Waals surface area contributed by atoms with Gasteiger partial charge in [-0.1, -0.05) is 107 Å². The van der Waals surface area contributed by atoms with E-state index >= 15 is 4.79 Å². The number of benzene rings is 3. The van der Waals surface area contributed by atoms with E-state index in [1.165, 1.54) is 0 Å². The SMILES string of the molecule is Cc1cccc2c1C(=O)C1=C(O)[C@]3(O[Si](C)(C)C(C)(C)C)C(=O)c4c(OCc5ccccc5)noc4[C@@H](N(C)C)[C@@H]3[C@@H](OC(=O)OCc3ccccc3)[C@@H]1[C@H]2C. The number of nitrogens with zero attached hydrogens (tertiary/aromatic N) is 2. The fourth-order valence-corrected chi connectivity index (χ4v) is 9.89. The summed E-state index contributed by atoms with van der Waals surface area (Å²) in [4.78, 5) is 46.6. The number of aromatic nitrogens is 1. The Labute approximate surface area is 328 Å². The van der Waals surface area contributed by atoms with Gasteiger partial charge in [-0.15, -0.1) is 0 Å². The summed E-state index contributed by atoms with van der Waals surface area (Å²) in [5, 5.41) is 16.9. The van der Waals surface area contributed by atoms with Gasteiger partial charge in [-0.2, -0.15) is 0 Å². The number of ketones is 2. The lowest BCUT2D eigenvalue weighted by molar-refractivity contribution is -0.120. The van der Waals surface area contributed by atoms with E-state index in [1.54, 1.807) is 0 Å². The van der Waals surface area contributed by atoms with E-state index in [4.69, 9.17) is 23.2 Å². The molecule has 3 aliphatic carbocycles. The second-order valence-electron chi connectivity index (χ2n) is 16.9. The van der Waals surface area contributed by atoms with Gasteiger partial charge in [0.25, 0.3) is 5.88 Å². The van der Waals surface area contributed by atoms with Crippen molar-refractivity contribution in [1.29, 1.82) is 0 Å². The van der Waals surface area contributed by atoms with Crippen molar-refractivity contribution in [2.24, 2.45) is 11.8 Å². The van der Waals surface area contributed by atoms with Gasteiger partial charge in [0.15, 0.2) is 25.5 Å². The maximum atomic E-state index is 15.8. The van der Waals surface area contributed by atoms with Gasteiger partial charge in [-0.3, -0.25) is 14.5 Å². The molecular weight excluding hydrogens is 729 g/mol. The monoisotopic (exact) mass is 778 g/mol. The van der Waals surface area contributed by atoms with Crippen molar-refractivity contribution in [2.45, 2.75) is 89.6 Å². The molecule has 1 heterocycles. The van der Waals surface area contributed by atoms with E-state index in [9.17, 15) is 14.7 Å². The second kappa shape index (κ2) is 14.5. The number of hydrogen-bond acceptors (Lipinski definition) is 11. The van der Waals surface area contributed by atoms with Crippen LogP contribution in [0, 0.1) is 18.8 Å². The third kappa shape index (κ3) is 6.37. The van der Waals surface area contributed by atoms with Crippen molar-refractivity contribution in [3.63, 3.8) is 0 Å². The van der Waals surface area contributed by atoms with Gasteiger partial charge >= 0.3 is 6.16 Å². The highest BCUT2D eigenvalue weighted by Crippen LogP contribution is 2.62. The van der Waals surface area contributed by atoms with Crippen molar-refractivity contribution in [2.75, 3.05) is 14.1 Å². The van der Waals surface area contributed by atoms with Crippen LogP contribution >= 0.6 is 0 Å². The van der Waals surface area contributed by atoms with Gasteiger partial charge in [0, 0.05) is 17.1 Å². The Bertz CT molecular complexity index is 2190. The van der Waals surface area contributed by atoms with Crippen LogP contribution in [0.4, 0.5) is 4.79 Å². The van der Waals surface area contributed by atoms with Crippen molar-refractivity contribution >= 4 is 26.0 Å². The largest absolute Gasteiger partial charge is 0.508 e. The van der Waals surface area contributed by atoms with Gasteiger partial charge < -0.3 is 28.3 Å². The highest BCUT2D eigenvalue weighted by atomic mass is 28.4. The van der Waals surface area contributed by atoms with E-state index in [1.807, 2.05) is 146 Å². The number of ether oxygens (including phenoxy) is 3. The van der Waals surface area contributed by atoms with E-state index in [-0.39, 0.29) is 36.0 Å². The first-order valence-corrected chi connectivity index (χ1v) is 21.9. The number of carbonyl (C=O) groups is 3. The zero-order valence-electron chi connectivity index (χ0n) is 33.4. The number of rotatable bonds is 9. The Morgan fingerprint density at radius 1 is 0.929 bits per heavy atom. The average molecular weight is 779 g/mol. The lowest BCUT2D eigenvalue weighted by Crippen LogP contribution is -2.69. The summed E-state index contributed by atoms with van der Waals surface area (Å²) >= 11 is 0. The smallest absolute Gasteiger partial charge is 0.508 e. The molecule has 11 nitrogen and oxygen atoms in total. The zero-order valence-corrected chi connectivity index (χ0v) is 34.4. The third-order valence-electron chi connectivity index (χ3n) is 12.2. The fourth-order valence-electron chi connectivity index (χ4n) is 8.45. The molecule has 3 aromatic carbocycles. The van der Waals surface area contributed by atoms with Crippen molar-refractivity contribution in [1.82, 2.24) is 10.1 Å². The molecule has 0 bridgehead atoms. The van der Waals surface area contributed by atoms with Crippen LogP contribution in [0.5, 0.6) is 5.88 Å². The van der Waals surface area contributed by atoms with Crippen LogP contribution in [-0.2, 0) is 27.1 Å². The summed E-state index contributed by atoms with van der Waals surface area (Å²) in [6, 6.07) is 23.4. The van der Waals surface area contributed by atoms with Crippen molar-refractivity contribution < 1.29 is 42.6 Å². The Balaban J connectivity index is 1.48. The molecule has 294 valence electrons. The molecule has 1 aromatic heterocycles. The lowest BCUT2D eigenvalue weighted by Gasteiger charge is -2.57. The first-order valence-electron chi connectivity index (χ1n) is 19.0. The van der Waals surface area contributed by atoms with Crippen LogP contribution in [0.2, 0.25) is 18.1 Å². The summed E-state index contributed by atoms with van der Waals surface area (Å²) in [6.07, 6.45) is -2.22. The maximum absolute atomic E-state index is 15.8. The number of carbonyl (C=O) groups excluding carboxylic acids is 3. The van der Waals surface area contributed by atoms with Gasteiger partial charge in [0.1, 0.15) is 30.6 Å². The Morgan fingerprint density at radius 3 is 2.16 bits per heavy atom. The molecule has 0 spiro atoms. The number of aliphatic hydroxyl groups excluding tert-OH is 1. The molecule has 0 saturated heterocycles. The maximum Gasteiger partial charge on any atom is 0.508 e. The van der Waals surface area contributed by atoms with Crippen LogP contribution in [0.15, 0.2) is 94.7 Å². The molecule has 3 aliphatic rings. The molecular formula is C44H50N2O9Si. The zero-order chi connectivity index (χ0) is 40.3. The Hall–Kier alpha value is -5.04. The fraction of sp³-hybridized carbons (Fsp3) is 0.409. The molecule has 6 atom stereocenters. The number of aliphatic hydroxyl groups is 1. The number of Topliss-reactive ketones (excluding diaryl/α,β-unsaturated/α-hetero) is 2. The summed E-state index contributed by atoms with van der Waals surface area (Å²) in [5.74, 6) is -3.99. The Kier molecular flexibility index (Phi) is 10.1. The minimum absolute atomic E-state index is 0.00141. The predicted octanol–water partition coefficient (Wildman–Crippen LogP) is 8.90. The molecule has 0 fully saturated rings. The van der Waals surface area contributed by atoms with E-state index in [0.717, 1.165) is 22.3 Å². The second-order valence-corrected chi connectivity index (χ2v) is 21.6. The highest BCUT2D eigenvalue weighted by molar-refractivity contribution is 6.74. The van der Waals surface area contributed by atoms with Crippen LogP contribution in [0.1, 0.15) is 88.4 Å². The molecule has 56 heavy (non-hydrogen) atoms. The molecule has 1 N–H and O–H groups in total. The molecule has 0 amide bonds. The van der Waals surface area contributed by atoms with Gasteiger partial charge in [-0.25, -0.2) is 4.79 Å². The first-order chi connectivity index (χ1) is 26.5. The molecule has 4 aromatic rings. The number of fused-ring (bicyclic) bond motifs is 4. The molecule has 0 radical (unpaired) electrons. The molecule has 0 aliphatic heterocycles. The first kappa shape index (κ1) is 39.2. The predicted molar refractivity (Wildman–Crippen MR) is 211 cm³/mol. The summed E-state index contributed by atoms with van der Waals surface area (Å²) in [7, 11) is 0.556. The minimum Gasteiger partial charge on any atom is -0.508 e. The normalized spacial score (nSPS) is 24.6. The standard InChI is InChI=1S/C44H50N2O9Si/c1-25-17-16-22-29-26(2)31-32(36(47)30(25)29)39(48)44(55-56(8,9)43(3,4)5)34(37(31)53-42(50)52-24-28-20-14-11-15-21-28)35(46(6)7)38-33(40(44)49)41(45-54-38)51-23-27-18-12-10-13-19-27/h10-22,26,31,34-35,37,48H,23-24H2,1-9H3/t26-,31+,34+,35-,37-,44-/m0/s1. The van der Waals surface area contributed by atoms with E-state index < -0.39 is 72.3 Å². The summed E-state index contributed by atoms with van der Waals surface area (Å²) in [5.41, 5.74) is 1.25. The topological polar surface area (TPSA) is 138 Å². The molecule has 12 heteroatoms. The van der Waals surface area contributed by atoms with Crippen molar-refractivity contribution in [3.8, 4) is 5.88 Å². The van der Waals surface area contributed by atoms with Crippen LogP contribution in [0.3, 0.4) is 0 Å². The van der Waals surface area contributed by atoms with Crippen LogP contribution in [0.25, 0.3) is 0 Å². The molecule has 0 saturated carbocycles. The minimum atomic E-state index is -3.06. The summed E-state index contributed by atoms with van der Waals surface area (Å²) < 4.78 is 31.7. The Morgan fingerprint density at radius 2 is 1.55 bits per heavy atom. The van der Waals surface area contributed by atoms with E-state index in [2.05, 4.69) is 5.16 Å². The van der Waals surface area contributed by atoms with E-state index in [0.29, 0.717) is 5.56 Å². The molecule has 7 rings (SSSR count). The van der Waals surface area contributed by atoms with Gasteiger partial charge in [0.2, 0.25) is 5.78 Å². The van der Waals surface area contributed by atoms with Gasteiger partial charge in [0.05, 0.1) is 12.0 Å². The lowest BCUT2D eigenvalue weighted by atomic mass is 9.55. The third-order valence-corrected chi connectivity index (χ3v) is 16.7. The van der Waals surface area contributed by atoms with Crippen molar-refractivity contribution in [3.05, 3.63) is 129 Å². The quantitative estimate of drug-likeness (QED) is 0.129. The summed E-state index contributed by atoms with van der Waals surface area (Å²) in [6.45, 7) is 13.8. The van der Waals surface area contributed by atoms with Crippen LogP contribution < -0.4 is 4.74 Å². The average Bonchev–Trinajstić information content (AvgIpc) is 3.57. The highest BCUT2D eigenvalue weighted by Gasteiger charge is 2.71. The van der Waals surface area contributed by atoms with Gasteiger partial charge in [-0.05, 0) is 72.5 Å². The van der Waals surface area contributed by atoms with Crippen LogP contribution in [-0.4, -0.2) is 67.0 Å².